The molecule has 0 saturated carbocycles. The minimum Gasteiger partial charge on any atom is -0.284 e. The molecule has 0 bridgehead atoms. The third-order valence-corrected chi connectivity index (χ3v) is 3.36. The first-order valence-electron chi connectivity index (χ1n) is 6.32. The van der Waals surface area contributed by atoms with Gasteiger partial charge in [0.15, 0.2) is 0 Å². The zero-order chi connectivity index (χ0) is 16.3. The number of hydrogen-bond donors (Lipinski definition) is 0. The number of pyridine rings is 1. The van der Waals surface area contributed by atoms with Gasteiger partial charge in [-0.15, -0.1) is 4.73 Å². The normalized spacial score (nSPS) is 11.8. The van der Waals surface area contributed by atoms with Gasteiger partial charge >= 0.3 is 10.1 Å². The van der Waals surface area contributed by atoms with Crippen LogP contribution in [-0.4, -0.2) is 19.4 Å². The van der Waals surface area contributed by atoms with Gasteiger partial charge in [0.05, 0.1) is 11.9 Å². The lowest BCUT2D eigenvalue weighted by Crippen LogP contribution is -2.31. The fourth-order valence-corrected chi connectivity index (χ4v) is 2.36. The van der Waals surface area contributed by atoms with Crippen LogP contribution >= 0.6 is 11.6 Å². The van der Waals surface area contributed by atoms with E-state index in [9.17, 15) is 13.2 Å². The summed E-state index contributed by atoms with van der Waals surface area (Å²) >= 11 is 5.81. The maximum atomic E-state index is 11.9. The van der Waals surface area contributed by atoms with Crippen LogP contribution in [0, 0.1) is 6.92 Å². The number of nitrogens with zero attached hydrogens (tertiary/aromatic N) is 1. The largest absolute Gasteiger partial charge is 0.324 e. The van der Waals surface area contributed by atoms with Crippen molar-refractivity contribution in [3.63, 3.8) is 0 Å². The zero-order valence-electron chi connectivity index (χ0n) is 12.0. The van der Waals surface area contributed by atoms with E-state index in [0.29, 0.717) is 16.3 Å². The third kappa shape index (κ3) is 4.47. The second kappa shape index (κ2) is 6.37. The highest BCUT2D eigenvalue weighted by atomic mass is 35.5. The SMILES string of the molecule is Cc1cc(C=Cc2ccc(Cl)cc2)n(OS(C)(=O)=O)c(=O)c1. The molecule has 0 amide bonds. The zero-order valence-corrected chi connectivity index (χ0v) is 13.6. The maximum Gasteiger partial charge on any atom is 0.324 e. The first-order chi connectivity index (χ1) is 10.2. The quantitative estimate of drug-likeness (QED) is 0.857. The summed E-state index contributed by atoms with van der Waals surface area (Å²) < 4.78 is 28.0. The van der Waals surface area contributed by atoms with Crippen LogP contribution in [0.15, 0.2) is 41.2 Å². The van der Waals surface area contributed by atoms with Crippen LogP contribution in [0.3, 0.4) is 0 Å². The van der Waals surface area contributed by atoms with Crippen LogP contribution < -0.4 is 9.84 Å². The van der Waals surface area contributed by atoms with Gasteiger partial charge in [0.25, 0.3) is 5.56 Å². The second-order valence-corrected chi connectivity index (χ2v) is 6.75. The molecule has 1 heterocycles. The van der Waals surface area contributed by atoms with E-state index >= 15 is 0 Å². The Morgan fingerprint density at radius 1 is 1.14 bits per heavy atom. The Bertz CT molecular complexity index is 867. The molecule has 0 aliphatic carbocycles. The maximum absolute atomic E-state index is 11.9. The molecule has 0 unspecified atom stereocenters. The van der Waals surface area contributed by atoms with Crippen molar-refractivity contribution >= 4 is 33.9 Å². The van der Waals surface area contributed by atoms with Crippen LogP contribution in [0.2, 0.25) is 5.02 Å². The standard InChI is InChI=1S/C15H14ClNO4S/c1-11-9-14(8-5-12-3-6-13(16)7-4-12)17(15(18)10-11)21-22(2,19)20/h3-10H,1-2H3. The van der Waals surface area contributed by atoms with E-state index in [1.165, 1.54) is 6.07 Å². The Morgan fingerprint density at radius 2 is 1.77 bits per heavy atom. The average molecular weight is 340 g/mol. The molecular formula is C15H14ClNO4S. The number of rotatable bonds is 4. The summed E-state index contributed by atoms with van der Waals surface area (Å²) in [6.45, 7) is 1.74. The van der Waals surface area contributed by atoms with Crippen molar-refractivity contribution in [2.24, 2.45) is 0 Å². The topological polar surface area (TPSA) is 65.4 Å². The Balaban J connectivity index is 2.45. The number of aryl methyl sites for hydroxylation is 1. The molecular weight excluding hydrogens is 326 g/mol. The Hall–Kier alpha value is -2.05. The van der Waals surface area contributed by atoms with Crippen LogP contribution in [0.4, 0.5) is 0 Å². The van der Waals surface area contributed by atoms with Crippen molar-refractivity contribution < 1.29 is 12.7 Å². The Morgan fingerprint density at radius 3 is 2.36 bits per heavy atom. The van der Waals surface area contributed by atoms with Gasteiger partial charge in [-0.05, 0) is 42.3 Å². The first kappa shape index (κ1) is 16.3. The summed E-state index contributed by atoms with van der Waals surface area (Å²) in [4.78, 5) is 11.9. The van der Waals surface area contributed by atoms with Gasteiger partial charge in [-0.2, -0.15) is 8.42 Å². The van der Waals surface area contributed by atoms with E-state index in [1.54, 1.807) is 49.4 Å². The van der Waals surface area contributed by atoms with Gasteiger partial charge in [-0.3, -0.25) is 9.08 Å². The second-order valence-electron chi connectivity index (χ2n) is 4.75. The van der Waals surface area contributed by atoms with Crippen molar-refractivity contribution in [2.75, 3.05) is 6.26 Å². The fraction of sp³-hybridized carbons (Fsp3) is 0.133. The predicted octanol–water partition coefficient (Wildman–Crippen LogP) is 2.37. The molecule has 5 nitrogen and oxygen atoms in total. The van der Waals surface area contributed by atoms with Crippen molar-refractivity contribution in [3.8, 4) is 0 Å². The van der Waals surface area contributed by atoms with Crippen molar-refractivity contribution in [1.29, 1.82) is 0 Å². The van der Waals surface area contributed by atoms with Gasteiger partial charge in [-0.25, -0.2) is 0 Å². The lowest BCUT2D eigenvalue weighted by molar-refractivity contribution is 0.267. The predicted molar refractivity (Wildman–Crippen MR) is 87.2 cm³/mol. The highest BCUT2D eigenvalue weighted by Gasteiger charge is 2.10. The molecule has 116 valence electrons. The summed E-state index contributed by atoms with van der Waals surface area (Å²) in [5, 5.41) is 0.616. The van der Waals surface area contributed by atoms with E-state index in [1.807, 2.05) is 0 Å². The minimum absolute atomic E-state index is 0.324. The molecule has 0 N–H and O–H groups in total. The monoisotopic (exact) mass is 339 g/mol. The lowest BCUT2D eigenvalue weighted by atomic mass is 10.2. The Labute approximate surface area is 133 Å². The number of benzene rings is 1. The first-order valence-corrected chi connectivity index (χ1v) is 8.51. The molecule has 0 aliphatic heterocycles. The fourth-order valence-electron chi connectivity index (χ4n) is 1.80. The molecule has 1 aromatic heterocycles. The lowest BCUT2D eigenvalue weighted by Gasteiger charge is -2.09. The van der Waals surface area contributed by atoms with Crippen LogP contribution in [0.1, 0.15) is 16.8 Å². The van der Waals surface area contributed by atoms with Crippen LogP contribution in [0.5, 0.6) is 0 Å². The smallest absolute Gasteiger partial charge is 0.284 e. The number of hydrogen-bond acceptors (Lipinski definition) is 4. The average Bonchev–Trinajstić information content (AvgIpc) is 2.40. The van der Waals surface area contributed by atoms with E-state index in [2.05, 4.69) is 0 Å². The molecule has 2 aromatic rings. The van der Waals surface area contributed by atoms with E-state index < -0.39 is 15.7 Å². The van der Waals surface area contributed by atoms with Gasteiger partial charge in [0.1, 0.15) is 0 Å². The molecule has 22 heavy (non-hydrogen) atoms. The third-order valence-electron chi connectivity index (χ3n) is 2.69. The van der Waals surface area contributed by atoms with Crippen molar-refractivity contribution in [1.82, 2.24) is 4.73 Å². The van der Waals surface area contributed by atoms with E-state index in [0.717, 1.165) is 16.5 Å². The van der Waals surface area contributed by atoms with Gasteiger partial charge < -0.3 is 0 Å². The van der Waals surface area contributed by atoms with E-state index in [-0.39, 0.29) is 0 Å². The van der Waals surface area contributed by atoms with Crippen molar-refractivity contribution in [3.05, 3.63) is 68.6 Å². The summed E-state index contributed by atoms with van der Waals surface area (Å²) in [6.07, 6.45) is 4.21. The molecule has 0 radical (unpaired) electrons. The molecule has 1 aromatic carbocycles. The van der Waals surface area contributed by atoms with Gasteiger partial charge in [0, 0.05) is 11.1 Å². The van der Waals surface area contributed by atoms with Gasteiger partial charge in [-0.1, -0.05) is 29.8 Å². The molecule has 0 spiro atoms. The van der Waals surface area contributed by atoms with Crippen LogP contribution in [0.25, 0.3) is 12.2 Å². The highest BCUT2D eigenvalue weighted by Crippen LogP contribution is 2.12. The minimum atomic E-state index is -3.81. The van der Waals surface area contributed by atoms with Gasteiger partial charge in [0.2, 0.25) is 0 Å². The highest BCUT2D eigenvalue weighted by molar-refractivity contribution is 7.86. The summed E-state index contributed by atoms with van der Waals surface area (Å²) in [5.74, 6) is 0. The molecule has 0 atom stereocenters. The molecule has 2 rings (SSSR count). The summed E-state index contributed by atoms with van der Waals surface area (Å²) in [6, 6.07) is 10.0. The summed E-state index contributed by atoms with van der Waals surface area (Å²) in [7, 11) is -3.81. The van der Waals surface area contributed by atoms with E-state index in [4.69, 9.17) is 15.9 Å². The number of halogens is 1. The number of aromatic nitrogens is 1. The molecule has 0 aliphatic rings. The Kier molecular flexibility index (Phi) is 4.73. The van der Waals surface area contributed by atoms with Crippen LogP contribution in [-0.2, 0) is 10.1 Å². The summed E-state index contributed by atoms with van der Waals surface area (Å²) in [5.41, 5.74) is 1.32. The van der Waals surface area contributed by atoms with Crippen molar-refractivity contribution in [2.45, 2.75) is 6.92 Å². The molecule has 0 saturated heterocycles. The molecule has 7 heteroatoms. The molecule has 0 fully saturated rings.